The van der Waals surface area contributed by atoms with Gasteiger partial charge in [0.1, 0.15) is 37.8 Å². The molecule has 1 unspecified atom stereocenters. The molecule has 6 amide bonds. The number of aliphatic hydroxyl groups is 1. The van der Waals surface area contributed by atoms with Gasteiger partial charge in [-0.05, 0) is 62.8 Å². The van der Waals surface area contributed by atoms with Crippen LogP contribution < -0.4 is 26.8 Å². The molecule has 0 bridgehead atoms. The molecule has 7 rings (SSSR count). The maximum atomic E-state index is 15.4. The van der Waals surface area contributed by atoms with E-state index in [4.69, 9.17) is 14.5 Å². The van der Waals surface area contributed by atoms with Gasteiger partial charge in [-0.15, -0.1) is 0 Å². The number of aryl methyl sites for hydroxylation is 1. The van der Waals surface area contributed by atoms with E-state index in [0.29, 0.717) is 27.6 Å². The third-order valence-electron chi connectivity index (χ3n) is 12.2. The standard InChI is InChI=1S/C42H46F3N7O11/c1-6-41(61)25-12-29-34-23(14-52(29)38(58)24(25)15-63-40(41)60)33-27(8-7-22-19(3)26(43)13-28(49-34)32(22)33)50-39(59)42(44,45)16-62-17-46-35(55)20(4)48-36(56)21(5)47-30(53)9-10-51-31(54)11-18(2)37(51)57/h12-13,18,20-21,27,61H,6-11,14-17H2,1-5H3,(H,46,55)(H,47,53)(H,48,56)(H,50,59)/t18?,20-,21-,27-,41-/m0/s1. The number of ether oxygens (including phenoxy) is 2. The van der Waals surface area contributed by atoms with Crippen LogP contribution in [0.5, 0.6) is 0 Å². The van der Waals surface area contributed by atoms with Crippen molar-refractivity contribution in [2.45, 2.75) is 110 Å². The number of halogens is 3. The number of carbonyl (C=O) groups excluding carboxylic acids is 7. The number of benzene rings is 1. The number of cyclic esters (lactones) is 1. The van der Waals surface area contributed by atoms with E-state index in [9.17, 15) is 43.5 Å². The number of alkyl halides is 2. The number of esters is 1. The molecule has 5 N–H and O–H groups in total. The van der Waals surface area contributed by atoms with Crippen molar-refractivity contribution >= 4 is 52.3 Å². The molecule has 3 aromatic rings. The maximum Gasteiger partial charge on any atom is 0.347 e. The highest BCUT2D eigenvalue weighted by Crippen LogP contribution is 2.46. The number of hydrogen-bond donors (Lipinski definition) is 5. The summed E-state index contributed by atoms with van der Waals surface area (Å²) in [5, 5.41) is 21.1. The van der Waals surface area contributed by atoms with Crippen LogP contribution in [0, 0.1) is 18.7 Å². The van der Waals surface area contributed by atoms with Gasteiger partial charge in [0.25, 0.3) is 11.5 Å². The predicted octanol–water partition coefficient (Wildman–Crippen LogP) is 1.15. The van der Waals surface area contributed by atoms with Crippen LogP contribution >= 0.6 is 0 Å². The van der Waals surface area contributed by atoms with Gasteiger partial charge in [0, 0.05) is 47.9 Å². The molecular weight excluding hydrogens is 835 g/mol. The number of nitrogens with zero attached hydrogens (tertiary/aromatic N) is 3. The molecule has 4 aliphatic rings. The van der Waals surface area contributed by atoms with Gasteiger partial charge in [-0.1, -0.05) is 13.8 Å². The van der Waals surface area contributed by atoms with Crippen LogP contribution in [0.3, 0.4) is 0 Å². The van der Waals surface area contributed by atoms with Gasteiger partial charge in [-0.2, -0.15) is 8.78 Å². The van der Waals surface area contributed by atoms with Crippen molar-refractivity contribution in [3.8, 4) is 11.4 Å². The summed E-state index contributed by atoms with van der Waals surface area (Å²) < 4.78 is 57.6. The molecule has 21 heteroatoms. The van der Waals surface area contributed by atoms with E-state index >= 15 is 13.2 Å². The molecule has 1 aromatic carbocycles. The van der Waals surface area contributed by atoms with E-state index in [2.05, 4.69) is 21.3 Å². The molecule has 3 aliphatic heterocycles. The third kappa shape index (κ3) is 8.03. The summed E-state index contributed by atoms with van der Waals surface area (Å²) in [5.41, 5.74) is -0.357. The first-order valence-electron chi connectivity index (χ1n) is 20.5. The second-order valence-corrected chi connectivity index (χ2v) is 16.4. The Labute approximate surface area is 357 Å². The highest BCUT2D eigenvalue weighted by Gasteiger charge is 2.47. The molecule has 5 heterocycles. The molecular formula is C42H46F3N7O11. The molecule has 336 valence electrons. The minimum atomic E-state index is -4.13. The number of amides is 6. The average molecular weight is 882 g/mol. The van der Waals surface area contributed by atoms with E-state index in [-0.39, 0.29) is 91.6 Å². The van der Waals surface area contributed by atoms with Crippen LogP contribution in [0.2, 0.25) is 0 Å². The van der Waals surface area contributed by atoms with Crippen molar-refractivity contribution < 1.29 is 61.3 Å². The van der Waals surface area contributed by atoms with Gasteiger partial charge >= 0.3 is 11.9 Å². The van der Waals surface area contributed by atoms with Gasteiger partial charge in [0.2, 0.25) is 29.5 Å². The normalized spacial score (nSPS) is 21.0. The minimum absolute atomic E-state index is 0.0484. The molecule has 5 atom stereocenters. The van der Waals surface area contributed by atoms with Crippen LogP contribution in [-0.4, -0.2) is 98.9 Å². The summed E-state index contributed by atoms with van der Waals surface area (Å²) in [6, 6.07) is -0.734. The lowest BCUT2D eigenvalue weighted by Crippen LogP contribution is -2.52. The zero-order valence-electron chi connectivity index (χ0n) is 35.0. The van der Waals surface area contributed by atoms with Gasteiger partial charge in [-0.3, -0.25) is 38.5 Å². The summed E-state index contributed by atoms with van der Waals surface area (Å²) in [4.78, 5) is 107. The first-order chi connectivity index (χ1) is 29.7. The number of aromatic nitrogens is 2. The van der Waals surface area contributed by atoms with E-state index < -0.39 is 89.9 Å². The monoisotopic (exact) mass is 881 g/mol. The van der Waals surface area contributed by atoms with Crippen molar-refractivity contribution in [3.05, 3.63) is 61.7 Å². The van der Waals surface area contributed by atoms with Crippen LogP contribution in [0.15, 0.2) is 16.9 Å². The lowest BCUT2D eigenvalue weighted by atomic mass is 9.81. The van der Waals surface area contributed by atoms with Crippen molar-refractivity contribution in [1.29, 1.82) is 0 Å². The fourth-order valence-corrected chi connectivity index (χ4v) is 8.56. The highest BCUT2D eigenvalue weighted by atomic mass is 19.3. The summed E-state index contributed by atoms with van der Waals surface area (Å²) in [6.07, 6.45) is -0.0172. The van der Waals surface area contributed by atoms with Crippen molar-refractivity contribution in [2.75, 3.05) is 19.9 Å². The number of fused-ring (bicyclic) bond motifs is 5. The van der Waals surface area contributed by atoms with Gasteiger partial charge < -0.3 is 40.4 Å². The van der Waals surface area contributed by atoms with Crippen LogP contribution in [0.4, 0.5) is 13.2 Å². The molecule has 63 heavy (non-hydrogen) atoms. The Morgan fingerprint density at radius 1 is 1.06 bits per heavy atom. The molecule has 0 radical (unpaired) electrons. The molecule has 2 aromatic heterocycles. The average Bonchev–Trinajstić information content (AvgIpc) is 3.73. The molecule has 0 spiro atoms. The van der Waals surface area contributed by atoms with Gasteiger partial charge in [0.05, 0.1) is 35.1 Å². The fraction of sp³-hybridized carbons (Fsp3) is 0.500. The third-order valence-corrected chi connectivity index (χ3v) is 12.2. The maximum absolute atomic E-state index is 15.4. The Balaban J connectivity index is 0.983. The predicted molar refractivity (Wildman–Crippen MR) is 213 cm³/mol. The number of likely N-dealkylation sites (tertiary alicyclic amines) is 1. The van der Waals surface area contributed by atoms with E-state index in [0.717, 1.165) is 4.90 Å². The fourth-order valence-electron chi connectivity index (χ4n) is 8.56. The van der Waals surface area contributed by atoms with Gasteiger partial charge in [-0.25, -0.2) is 14.2 Å². The molecule has 1 fully saturated rings. The summed E-state index contributed by atoms with van der Waals surface area (Å²) in [6.45, 7) is 4.51. The Hall–Kier alpha value is -6.22. The SMILES string of the molecule is CC[C@@]1(O)C(=O)OCc2c1cc1n(c2=O)Cc2c-1nc1cc(F)c(C)c3c1c2[C@@H](NC(=O)C(F)(F)COCNC(=O)[C@H](C)NC(=O)[C@H](C)NC(=O)CCN1C(=O)CC(C)C1=O)CC3. The zero-order valence-corrected chi connectivity index (χ0v) is 35.0. The summed E-state index contributed by atoms with van der Waals surface area (Å²) >= 11 is 0. The van der Waals surface area contributed by atoms with E-state index in [1.807, 2.05) is 0 Å². The molecule has 0 saturated carbocycles. The van der Waals surface area contributed by atoms with E-state index in [1.54, 1.807) is 20.8 Å². The quantitative estimate of drug-likeness (QED) is 0.0519. The molecule has 18 nitrogen and oxygen atoms in total. The number of nitrogens with one attached hydrogen (secondary N) is 4. The number of imide groups is 1. The smallest absolute Gasteiger partial charge is 0.347 e. The largest absolute Gasteiger partial charge is 0.458 e. The van der Waals surface area contributed by atoms with Crippen molar-refractivity contribution in [2.24, 2.45) is 5.92 Å². The van der Waals surface area contributed by atoms with Crippen molar-refractivity contribution in [1.82, 2.24) is 35.7 Å². The van der Waals surface area contributed by atoms with Crippen molar-refractivity contribution in [3.63, 3.8) is 0 Å². The van der Waals surface area contributed by atoms with E-state index in [1.165, 1.54) is 30.5 Å². The summed E-state index contributed by atoms with van der Waals surface area (Å²) in [7, 11) is 0. The Kier molecular flexibility index (Phi) is 12.0. The first kappa shape index (κ1) is 44.8. The number of pyridine rings is 2. The molecule has 1 aliphatic carbocycles. The Morgan fingerprint density at radius 3 is 2.46 bits per heavy atom. The first-order valence-corrected chi connectivity index (χ1v) is 20.5. The lowest BCUT2D eigenvalue weighted by molar-refractivity contribution is -0.172. The van der Waals surface area contributed by atoms with Crippen LogP contribution in [0.25, 0.3) is 22.3 Å². The summed E-state index contributed by atoms with van der Waals surface area (Å²) in [5.74, 6) is -10.8. The zero-order chi connectivity index (χ0) is 45.9. The van der Waals surface area contributed by atoms with Crippen LogP contribution in [-0.2, 0) is 68.2 Å². The second-order valence-electron chi connectivity index (χ2n) is 16.4. The highest BCUT2D eigenvalue weighted by molar-refractivity contribution is 6.03. The Bertz CT molecular complexity index is 2560. The van der Waals surface area contributed by atoms with Crippen LogP contribution in [0.1, 0.15) is 92.8 Å². The second kappa shape index (κ2) is 16.8. The Morgan fingerprint density at radius 2 is 1.78 bits per heavy atom. The number of carbonyl (C=O) groups is 7. The van der Waals surface area contributed by atoms with Gasteiger partial charge in [0.15, 0.2) is 5.60 Å². The number of hydrogen-bond acceptors (Lipinski definition) is 12. The molecule has 1 saturated heterocycles. The minimum Gasteiger partial charge on any atom is -0.458 e. The lowest BCUT2D eigenvalue weighted by Gasteiger charge is -2.31. The number of rotatable bonds is 14. The topological polar surface area (TPSA) is 244 Å².